The number of carbonyl (C=O) groups excluding carboxylic acids is 2. The standard InChI is InChI=1S/C25H26N2O4/c28-23(26-15-14-18-8-2-1-3-9-18)17-31-24(29)16-27-21-12-6-4-10-19(21)25(30)20-11-5-7-13-22(20)27/h4-8,10-13H,1-3,9,14-17H2,(H,26,28). The highest BCUT2D eigenvalue weighted by molar-refractivity contribution is 5.94. The van der Waals surface area contributed by atoms with E-state index in [-0.39, 0.29) is 24.5 Å². The number of amides is 1. The number of hydrogen-bond donors (Lipinski definition) is 1. The van der Waals surface area contributed by atoms with Gasteiger partial charge in [-0.3, -0.25) is 14.4 Å². The summed E-state index contributed by atoms with van der Waals surface area (Å²) < 4.78 is 6.98. The van der Waals surface area contributed by atoms with Crippen molar-refractivity contribution in [3.05, 3.63) is 70.4 Å². The molecule has 6 heteroatoms. The first-order valence-corrected chi connectivity index (χ1v) is 10.7. The molecule has 0 saturated heterocycles. The third-order valence-corrected chi connectivity index (χ3v) is 5.68. The Balaban J connectivity index is 1.40. The van der Waals surface area contributed by atoms with Crippen LogP contribution in [0.2, 0.25) is 0 Å². The highest BCUT2D eigenvalue weighted by Crippen LogP contribution is 2.20. The van der Waals surface area contributed by atoms with Gasteiger partial charge in [-0.15, -0.1) is 0 Å². The fourth-order valence-corrected chi connectivity index (χ4v) is 4.11. The maximum absolute atomic E-state index is 12.8. The summed E-state index contributed by atoms with van der Waals surface area (Å²) in [5.74, 6) is -0.830. The number of para-hydroxylation sites is 2. The number of carbonyl (C=O) groups is 2. The number of hydrogen-bond acceptors (Lipinski definition) is 4. The maximum Gasteiger partial charge on any atom is 0.326 e. The van der Waals surface area contributed by atoms with Crippen molar-refractivity contribution in [3.63, 3.8) is 0 Å². The van der Waals surface area contributed by atoms with Crippen LogP contribution in [0.3, 0.4) is 0 Å². The van der Waals surface area contributed by atoms with Crippen molar-refractivity contribution in [3.8, 4) is 0 Å². The predicted octanol–water partition coefficient (Wildman–Crippen LogP) is 3.70. The molecule has 0 saturated carbocycles. The first-order valence-electron chi connectivity index (χ1n) is 10.7. The quantitative estimate of drug-likeness (QED) is 0.361. The van der Waals surface area contributed by atoms with E-state index in [1.807, 2.05) is 24.3 Å². The van der Waals surface area contributed by atoms with Crippen LogP contribution in [0.25, 0.3) is 21.8 Å². The molecule has 0 atom stereocenters. The number of ether oxygens (including phenoxy) is 1. The van der Waals surface area contributed by atoms with Crippen LogP contribution >= 0.6 is 0 Å². The summed E-state index contributed by atoms with van der Waals surface area (Å²) in [6, 6.07) is 14.4. The van der Waals surface area contributed by atoms with Gasteiger partial charge in [-0.05, 0) is 56.4 Å². The summed E-state index contributed by atoms with van der Waals surface area (Å²) >= 11 is 0. The molecule has 0 fully saturated rings. The van der Waals surface area contributed by atoms with Crippen molar-refractivity contribution in [1.29, 1.82) is 0 Å². The minimum absolute atomic E-state index is 0.0664. The van der Waals surface area contributed by atoms with Gasteiger partial charge in [-0.2, -0.15) is 0 Å². The molecule has 0 aliphatic heterocycles. The number of rotatable bonds is 7. The van der Waals surface area contributed by atoms with Crippen molar-refractivity contribution in [2.45, 2.75) is 38.6 Å². The molecule has 0 unspecified atom stereocenters. The first kappa shape index (κ1) is 20.8. The van der Waals surface area contributed by atoms with E-state index in [1.54, 1.807) is 28.8 Å². The maximum atomic E-state index is 12.8. The molecule has 4 rings (SSSR count). The van der Waals surface area contributed by atoms with E-state index in [0.717, 1.165) is 19.3 Å². The minimum atomic E-state index is -0.524. The first-order chi connectivity index (χ1) is 15.1. The van der Waals surface area contributed by atoms with E-state index in [2.05, 4.69) is 11.4 Å². The molecule has 1 heterocycles. The third-order valence-electron chi connectivity index (χ3n) is 5.68. The Morgan fingerprint density at radius 1 is 0.968 bits per heavy atom. The van der Waals surface area contributed by atoms with Gasteiger partial charge in [0.2, 0.25) is 0 Å². The largest absolute Gasteiger partial charge is 0.454 e. The minimum Gasteiger partial charge on any atom is -0.454 e. The molecular weight excluding hydrogens is 392 g/mol. The summed E-state index contributed by atoms with van der Waals surface area (Å²) in [4.78, 5) is 37.3. The second-order valence-corrected chi connectivity index (χ2v) is 7.82. The van der Waals surface area contributed by atoms with E-state index in [4.69, 9.17) is 4.74 Å². The average molecular weight is 418 g/mol. The fourth-order valence-electron chi connectivity index (χ4n) is 4.11. The lowest BCUT2D eigenvalue weighted by molar-refractivity contribution is -0.149. The molecule has 31 heavy (non-hydrogen) atoms. The van der Waals surface area contributed by atoms with Gasteiger partial charge in [-0.1, -0.05) is 35.9 Å². The lowest BCUT2D eigenvalue weighted by Gasteiger charge is -2.15. The highest BCUT2D eigenvalue weighted by atomic mass is 16.5. The predicted molar refractivity (Wildman–Crippen MR) is 121 cm³/mol. The molecule has 2 aromatic carbocycles. The van der Waals surface area contributed by atoms with Gasteiger partial charge in [0, 0.05) is 17.3 Å². The van der Waals surface area contributed by atoms with E-state index in [1.165, 1.54) is 18.4 Å². The summed E-state index contributed by atoms with van der Waals surface area (Å²) in [5, 5.41) is 3.90. The number of nitrogens with zero attached hydrogens (tertiary/aromatic N) is 1. The van der Waals surface area contributed by atoms with Crippen LogP contribution in [0.5, 0.6) is 0 Å². The number of aromatic nitrogens is 1. The lowest BCUT2D eigenvalue weighted by atomic mass is 9.97. The summed E-state index contributed by atoms with van der Waals surface area (Å²) in [6.45, 7) is 0.159. The summed E-state index contributed by atoms with van der Waals surface area (Å²) in [7, 11) is 0. The van der Waals surface area contributed by atoms with Gasteiger partial charge >= 0.3 is 5.97 Å². The fraction of sp³-hybridized carbons (Fsp3) is 0.320. The molecule has 1 N–H and O–H groups in total. The average Bonchev–Trinajstić information content (AvgIpc) is 2.81. The third kappa shape index (κ3) is 4.85. The summed E-state index contributed by atoms with van der Waals surface area (Å²) in [6.07, 6.45) is 7.78. The second kappa shape index (κ2) is 9.60. The Bertz CT molecular complexity index is 1150. The van der Waals surface area contributed by atoms with Crippen LogP contribution in [-0.2, 0) is 20.9 Å². The zero-order valence-corrected chi connectivity index (χ0v) is 17.4. The van der Waals surface area contributed by atoms with Crippen molar-refractivity contribution < 1.29 is 14.3 Å². The number of benzene rings is 2. The Morgan fingerprint density at radius 3 is 2.29 bits per heavy atom. The van der Waals surface area contributed by atoms with Crippen molar-refractivity contribution in [1.82, 2.24) is 9.88 Å². The Kier molecular flexibility index (Phi) is 6.46. The van der Waals surface area contributed by atoms with E-state index < -0.39 is 5.97 Å². The second-order valence-electron chi connectivity index (χ2n) is 7.82. The summed E-state index contributed by atoms with van der Waals surface area (Å²) in [5.41, 5.74) is 2.64. The molecule has 1 aliphatic rings. The SMILES string of the molecule is O=C(COC(=O)Cn1c2ccccc2c(=O)c2ccccc21)NCCC1=CCCCC1. The van der Waals surface area contributed by atoms with E-state index in [0.29, 0.717) is 28.4 Å². The zero-order chi connectivity index (χ0) is 21.6. The van der Waals surface area contributed by atoms with Crippen LogP contribution in [0.1, 0.15) is 32.1 Å². The van der Waals surface area contributed by atoms with E-state index in [9.17, 15) is 14.4 Å². The molecule has 3 aromatic rings. The highest BCUT2D eigenvalue weighted by Gasteiger charge is 2.14. The van der Waals surface area contributed by atoms with Crippen molar-refractivity contribution in [2.75, 3.05) is 13.2 Å². The Labute approximate surface area is 180 Å². The van der Waals surface area contributed by atoms with Gasteiger partial charge in [0.1, 0.15) is 6.54 Å². The van der Waals surface area contributed by atoms with Gasteiger partial charge in [0.25, 0.3) is 5.91 Å². The zero-order valence-electron chi connectivity index (χ0n) is 17.4. The molecule has 0 radical (unpaired) electrons. The molecule has 1 aromatic heterocycles. The number of esters is 1. The Morgan fingerprint density at radius 2 is 1.65 bits per heavy atom. The van der Waals surface area contributed by atoms with Crippen molar-refractivity contribution in [2.24, 2.45) is 0 Å². The number of nitrogens with one attached hydrogen (secondary N) is 1. The number of pyridine rings is 1. The lowest BCUT2D eigenvalue weighted by Crippen LogP contribution is -2.30. The monoisotopic (exact) mass is 418 g/mol. The molecule has 6 nitrogen and oxygen atoms in total. The van der Waals surface area contributed by atoms with E-state index >= 15 is 0 Å². The Hall–Kier alpha value is -3.41. The van der Waals surface area contributed by atoms with Crippen LogP contribution in [0, 0.1) is 0 Å². The molecule has 160 valence electrons. The molecule has 0 bridgehead atoms. The van der Waals surface area contributed by atoms with Gasteiger partial charge in [0.15, 0.2) is 12.0 Å². The molecule has 1 amide bonds. The van der Waals surface area contributed by atoms with Crippen molar-refractivity contribution >= 4 is 33.7 Å². The molecule has 1 aliphatic carbocycles. The van der Waals surface area contributed by atoms with Crippen LogP contribution in [0.4, 0.5) is 0 Å². The van der Waals surface area contributed by atoms with Crippen LogP contribution in [0.15, 0.2) is 65.0 Å². The van der Waals surface area contributed by atoms with Crippen LogP contribution < -0.4 is 10.7 Å². The number of allylic oxidation sites excluding steroid dienone is 1. The van der Waals surface area contributed by atoms with Gasteiger partial charge < -0.3 is 14.6 Å². The number of fused-ring (bicyclic) bond motifs is 2. The molecule has 0 spiro atoms. The van der Waals surface area contributed by atoms with Gasteiger partial charge in [-0.25, -0.2) is 0 Å². The smallest absolute Gasteiger partial charge is 0.326 e. The topological polar surface area (TPSA) is 77.4 Å². The van der Waals surface area contributed by atoms with Gasteiger partial charge in [0.05, 0.1) is 11.0 Å². The normalized spacial score (nSPS) is 13.7. The molecular formula is C25H26N2O4. The van der Waals surface area contributed by atoms with Crippen LogP contribution in [-0.4, -0.2) is 29.6 Å².